The number of ether oxygens (including phenoxy) is 2. The standard InChI is InChI=1S/C14H22FNO2/c1-12-4-5-13(10-14(12)15)11-16-6-3-7-18-9-8-17-2/h4-5,10,16H,3,6-9,11H2,1-2H3. The average Bonchev–Trinajstić information content (AvgIpc) is 2.37. The third kappa shape index (κ3) is 6.10. The van der Waals surface area contributed by atoms with E-state index in [1.807, 2.05) is 6.07 Å². The lowest BCUT2D eigenvalue weighted by Gasteiger charge is -2.06. The molecule has 0 aliphatic rings. The first-order chi connectivity index (χ1) is 8.74. The van der Waals surface area contributed by atoms with Crippen LogP contribution in [0.3, 0.4) is 0 Å². The van der Waals surface area contributed by atoms with Crippen molar-refractivity contribution in [3.05, 3.63) is 35.1 Å². The molecule has 1 N–H and O–H groups in total. The highest BCUT2D eigenvalue weighted by Crippen LogP contribution is 2.08. The molecule has 0 unspecified atom stereocenters. The van der Waals surface area contributed by atoms with E-state index in [1.165, 1.54) is 0 Å². The van der Waals surface area contributed by atoms with Crippen molar-refractivity contribution < 1.29 is 13.9 Å². The Balaban J connectivity index is 2.05. The molecule has 3 nitrogen and oxygen atoms in total. The third-order valence-electron chi connectivity index (χ3n) is 2.64. The second kappa shape index (κ2) is 9.03. The van der Waals surface area contributed by atoms with Crippen LogP contribution < -0.4 is 5.32 Å². The van der Waals surface area contributed by atoms with Crippen LogP contribution >= 0.6 is 0 Å². The molecule has 4 heteroatoms. The minimum Gasteiger partial charge on any atom is -0.382 e. The molecule has 0 fully saturated rings. The van der Waals surface area contributed by atoms with Crippen LogP contribution in [0, 0.1) is 12.7 Å². The van der Waals surface area contributed by atoms with Crippen LogP contribution in [0.2, 0.25) is 0 Å². The Morgan fingerprint density at radius 3 is 2.78 bits per heavy atom. The Labute approximate surface area is 108 Å². The molecular formula is C14H22FNO2. The van der Waals surface area contributed by atoms with Crippen molar-refractivity contribution in [3.8, 4) is 0 Å². The van der Waals surface area contributed by atoms with E-state index < -0.39 is 0 Å². The highest BCUT2D eigenvalue weighted by molar-refractivity contribution is 5.23. The molecular weight excluding hydrogens is 233 g/mol. The molecule has 0 atom stereocenters. The van der Waals surface area contributed by atoms with Crippen LogP contribution in [0.15, 0.2) is 18.2 Å². The Kier molecular flexibility index (Phi) is 7.57. The summed E-state index contributed by atoms with van der Waals surface area (Å²) in [5.41, 5.74) is 1.66. The van der Waals surface area contributed by atoms with Gasteiger partial charge < -0.3 is 14.8 Å². The van der Waals surface area contributed by atoms with E-state index in [0.717, 1.165) is 25.1 Å². The van der Waals surface area contributed by atoms with Gasteiger partial charge >= 0.3 is 0 Å². The van der Waals surface area contributed by atoms with Gasteiger partial charge in [-0.15, -0.1) is 0 Å². The van der Waals surface area contributed by atoms with E-state index in [0.29, 0.717) is 25.3 Å². The zero-order valence-corrected chi connectivity index (χ0v) is 11.2. The fraction of sp³-hybridized carbons (Fsp3) is 0.571. The van der Waals surface area contributed by atoms with E-state index in [-0.39, 0.29) is 5.82 Å². The monoisotopic (exact) mass is 255 g/mol. The van der Waals surface area contributed by atoms with Gasteiger partial charge in [0.2, 0.25) is 0 Å². The second-order valence-corrected chi connectivity index (χ2v) is 4.22. The summed E-state index contributed by atoms with van der Waals surface area (Å²) in [5, 5.41) is 3.26. The minimum absolute atomic E-state index is 0.141. The molecule has 0 aliphatic carbocycles. The zero-order valence-electron chi connectivity index (χ0n) is 11.2. The van der Waals surface area contributed by atoms with E-state index in [1.54, 1.807) is 26.2 Å². The number of hydrogen-bond donors (Lipinski definition) is 1. The number of hydrogen-bond acceptors (Lipinski definition) is 3. The van der Waals surface area contributed by atoms with Gasteiger partial charge in [0.1, 0.15) is 5.82 Å². The van der Waals surface area contributed by atoms with Crippen molar-refractivity contribution in [3.63, 3.8) is 0 Å². The van der Waals surface area contributed by atoms with Gasteiger partial charge in [-0.25, -0.2) is 4.39 Å². The topological polar surface area (TPSA) is 30.5 Å². The summed E-state index contributed by atoms with van der Waals surface area (Å²) in [6.45, 7) is 5.32. The lowest BCUT2D eigenvalue weighted by molar-refractivity contribution is 0.0695. The van der Waals surface area contributed by atoms with Crippen molar-refractivity contribution in [2.45, 2.75) is 19.9 Å². The number of aryl methyl sites for hydroxylation is 1. The maximum atomic E-state index is 13.3. The zero-order chi connectivity index (χ0) is 13.2. The summed E-state index contributed by atoms with van der Waals surface area (Å²) < 4.78 is 23.5. The Morgan fingerprint density at radius 2 is 2.06 bits per heavy atom. The average molecular weight is 255 g/mol. The Bertz CT molecular complexity index is 345. The SMILES string of the molecule is COCCOCCCNCc1ccc(C)c(F)c1. The molecule has 0 saturated carbocycles. The highest BCUT2D eigenvalue weighted by atomic mass is 19.1. The number of rotatable bonds is 9. The predicted octanol–water partition coefficient (Wildman–Crippen LogP) is 2.28. The summed E-state index contributed by atoms with van der Waals surface area (Å²) in [6, 6.07) is 5.33. The van der Waals surface area contributed by atoms with E-state index in [2.05, 4.69) is 5.32 Å². The first-order valence-electron chi connectivity index (χ1n) is 6.26. The lowest BCUT2D eigenvalue weighted by Crippen LogP contribution is -2.17. The van der Waals surface area contributed by atoms with Crippen LogP contribution in [-0.2, 0) is 16.0 Å². The number of nitrogens with one attached hydrogen (secondary N) is 1. The smallest absolute Gasteiger partial charge is 0.126 e. The number of methoxy groups -OCH3 is 1. The molecule has 1 aromatic rings. The molecule has 102 valence electrons. The van der Waals surface area contributed by atoms with Gasteiger partial charge in [-0.2, -0.15) is 0 Å². The maximum absolute atomic E-state index is 13.3. The summed E-state index contributed by atoms with van der Waals surface area (Å²) >= 11 is 0. The van der Waals surface area contributed by atoms with E-state index in [9.17, 15) is 4.39 Å². The van der Waals surface area contributed by atoms with Crippen LogP contribution in [-0.4, -0.2) is 33.5 Å². The predicted molar refractivity (Wildman–Crippen MR) is 70.2 cm³/mol. The molecule has 18 heavy (non-hydrogen) atoms. The molecule has 0 spiro atoms. The minimum atomic E-state index is -0.141. The van der Waals surface area contributed by atoms with Crippen molar-refractivity contribution in [2.24, 2.45) is 0 Å². The first-order valence-corrected chi connectivity index (χ1v) is 6.26. The van der Waals surface area contributed by atoms with Crippen LogP contribution in [0.4, 0.5) is 4.39 Å². The third-order valence-corrected chi connectivity index (χ3v) is 2.64. The van der Waals surface area contributed by atoms with Gasteiger partial charge in [0.05, 0.1) is 13.2 Å². The van der Waals surface area contributed by atoms with Gasteiger partial charge in [0.15, 0.2) is 0 Å². The summed E-state index contributed by atoms with van der Waals surface area (Å²) in [6.07, 6.45) is 0.943. The van der Waals surface area contributed by atoms with Crippen molar-refractivity contribution >= 4 is 0 Å². The van der Waals surface area contributed by atoms with Gasteiger partial charge in [-0.1, -0.05) is 12.1 Å². The number of benzene rings is 1. The molecule has 1 aromatic carbocycles. The van der Waals surface area contributed by atoms with E-state index in [4.69, 9.17) is 9.47 Å². The molecule has 0 amide bonds. The fourth-order valence-corrected chi connectivity index (χ4v) is 1.52. The highest BCUT2D eigenvalue weighted by Gasteiger charge is 1.98. The van der Waals surface area contributed by atoms with Gasteiger partial charge in [0, 0.05) is 20.3 Å². The fourth-order valence-electron chi connectivity index (χ4n) is 1.52. The van der Waals surface area contributed by atoms with Crippen LogP contribution in [0.5, 0.6) is 0 Å². The Morgan fingerprint density at radius 1 is 1.22 bits per heavy atom. The van der Waals surface area contributed by atoms with Gasteiger partial charge in [0.25, 0.3) is 0 Å². The molecule has 0 radical (unpaired) electrons. The molecule has 0 heterocycles. The van der Waals surface area contributed by atoms with Crippen molar-refractivity contribution in [1.29, 1.82) is 0 Å². The van der Waals surface area contributed by atoms with Crippen LogP contribution in [0.25, 0.3) is 0 Å². The van der Waals surface area contributed by atoms with E-state index >= 15 is 0 Å². The number of halogens is 1. The quantitative estimate of drug-likeness (QED) is 0.687. The largest absolute Gasteiger partial charge is 0.382 e. The summed E-state index contributed by atoms with van der Waals surface area (Å²) in [7, 11) is 1.66. The van der Waals surface area contributed by atoms with Gasteiger partial charge in [-0.05, 0) is 37.1 Å². The lowest BCUT2D eigenvalue weighted by atomic mass is 10.1. The molecule has 0 aromatic heterocycles. The van der Waals surface area contributed by atoms with Crippen LogP contribution in [0.1, 0.15) is 17.5 Å². The molecule has 0 saturated heterocycles. The first kappa shape index (κ1) is 15.1. The summed E-state index contributed by atoms with van der Waals surface area (Å²) in [4.78, 5) is 0. The second-order valence-electron chi connectivity index (χ2n) is 4.22. The van der Waals surface area contributed by atoms with Crippen molar-refractivity contribution in [1.82, 2.24) is 5.32 Å². The van der Waals surface area contributed by atoms with Gasteiger partial charge in [-0.3, -0.25) is 0 Å². The molecule has 1 rings (SSSR count). The summed E-state index contributed by atoms with van der Waals surface area (Å²) in [5.74, 6) is -0.141. The molecule has 0 aliphatic heterocycles. The normalized spacial score (nSPS) is 10.8. The maximum Gasteiger partial charge on any atom is 0.126 e. The van der Waals surface area contributed by atoms with Crippen molar-refractivity contribution in [2.75, 3.05) is 33.5 Å². The molecule has 0 bridgehead atoms. The Hall–Kier alpha value is -0.970.